The summed E-state index contributed by atoms with van der Waals surface area (Å²) in [6, 6.07) is 1.37. The van der Waals surface area contributed by atoms with Crippen molar-refractivity contribution >= 4 is 17.7 Å². The van der Waals surface area contributed by atoms with Gasteiger partial charge in [0.2, 0.25) is 11.7 Å². The largest absolute Gasteiger partial charge is 0.457 e. The zero-order valence-corrected chi connectivity index (χ0v) is 16.3. The van der Waals surface area contributed by atoms with E-state index in [1.807, 2.05) is 0 Å². The van der Waals surface area contributed by atoms with Crippen LogP contribution < -0.4 is 0 Å². The quantitative estimate of drug-likeness (QED) is 0.542. The summed E-state index contributed by atoms with van der Waals surface area (Å²) in [5.74, 6) is -1.64. The van der Waals surface area contributed by atoms with E-state index in [2.05, 4.69) is 0 Å². The van der Waals surface area contributed by atoms with Gasteiger partial charge in [0.05, 0.1) is 5.92 Å². The molecule has 0 aromatic carbocycles. The molecule has 1 amide bonds. The highest BCUT2D eigenvalue weighted by molar-refractivity contribution is 5.99. The Morgan fingerprint density at radius 1 is 1.25 bits per heavy atom. The van der Waals surface area contributed by atoms with Gasteiger partial charge in [-0.15, -0.1) is 0 Å². The highest BCUT2D eigenvalue weighted by Crippen LogP contribution is 2.24. The number of ketones is 1. The maximum Gasteiger partial charge on any atom is 0.406 e. The summed E-state index contributed by atoms with van der Waals surface area (Å²) in [5.41, 5.74) is 0.611. The summed E-state index contributed by atoms with van der Waals surface area (Å²) in [5, 5.41) is 0. The van der Waals surface area contributed by atoms with Crippen molar-refractivity contribution < 1.29 is 32.3 Å². The van der Waals surface area contributed by atoms with Gasteiger partial charge in [0.25, 0.3) is 0 Å². The molecule has 2 heterocycles. The first kappa shape index (κ1) is 22.0. The number of ether oxygens (including phenoxy) is 1. The molecule has 0 N–H and O–H groups in total. The predicted octanol–water partition coefficient (Wildman–Crippen LogP) is 3.04. The lowest BCUT2D eigenvalue weighted by Gasteiger charge is -2.31. The molecule has 9 heteroatoms. The van der Waals surface area contributed by atoms with Crippen LogP contribution in [-0.4, -0.2) is 53.0 Å². The average Bonchev–Trinajstić information content (AvgIpc) is 2.92. The fourth-order valence-electron chi connectivity index (χ4n) is 3.46. The van der Waals surface area contributed by atoms with Crippen LogP contribution in [0.3, 0.4) is 0 Å². The lowest BCUT2D eigenvalue weighted by Crippen LogP contribution is -2.42. The van der Waals surface area contributed by atoms with Crippen LogP contribution in [0.15, 0.2) is 6.07 Å². The Kier molecular flexibility index (Phi) is 6.90. The molecule has 1 saturated heterocycles. The van der Waals surface area contributed by atoms with Crippen molar-refractivity contribution in [3.63, 3.8) is 0 Å². The van der Waals surface area contributed by atoms with Gasteiger partial charge in [-0.1, -0.05) is 6.92 Å². The van der Waals surface area contributed by atoms with Gasteiger partial charge in [0.15, 0.2) is 6.61 Å². The number of halogens is 3. The van der Waals surface area contributed by atoms with Gasteiger partial charge in [0, 0.05) is 36.5 Å². The number of hydrogen-bond acceptors (Lipinski definition) is 4. The Morgan fingerprint density at radius 2 is 1.93 bits per heavy atom. The number of piperidine rings is 1. The van der Waals surface area contributed by atoms with E-state index in [-0.39, 0.29) is 23.7 Å². The summed E-state index contributed by atoms with van der Waals surface area (Å²) in [7, 11) is 0. The fraction of sp³-hybridized carbons (Fsp3) is 0.632. The van der Waals surface area contributed by atoms with E-state index in [4.69, 9.17) is 4.74 Å². The van der Waals surface area contributed by atoms with Gasteiger partial charge >= 0.3 is 12.1 Å². The molecule has 1 fully saturated rings. The first-order valence-electron chi connectivity index (χ1n) is 9.24. The Hall–Kier alpha value is -2.32. The molecule has 1 atom stereocenters. The normalized spacial score (nSPS) is 17.5. The van der Waals surface area contributed by atoms with Crippen LogP contribution in [0.1, 0.15) is 47.9 Å². The second-order valence-corrected chi connectivity index (χ2v) is 7.05. The molecule has 0 radical (unpaired) electrons. The van der Waals surface area contributed by atoms with Crippen LogP contribution in [0, 0.1) is 19.8 Å². The molecule has 2 rings (SSSR count). The number of amides is 1. The minimum atomic E-state index is -4.40. The van der Waals surface area contributed by atoms with E-state index in [9.17, 15) is 27.6 Å². The molecular formula is C19H25F3N2O4. The number of aromatic nitrogens is 1. The summed E-state index contributed by atoms with van der Waals surface area (Å²) in [4.78, 5) is 38.0. The number of hydrogen-bond donors (Lipinski definition) is 0. The Labute approximate surface area is 161 Å². The molecule has 28 heavy (non-hydrogen) atoms. The smallest absolute Gasteiger partial charge is 0.406 e. The molecule has 6 nitrogen and oxygen atoms in total. The van der Waals surface area contributed by atoms with Gasteiger partial charge < -0.3 is 14.2 Å². The van der Waals surface area contributed by atoms with Crippen LogP contribution in [0.2, 0.25) is 0 Å². The van der Waals surface area contributed by atoms with Crippen LogP contribution >= 0.6 is 0 Å². The van der Waals surface area contributed by atoms with E-state index in [0.717, 1.165) is 4.57 Å². The number of carbonyl (C=O) groups is 3. The Morgan fingerprint density at radius 3 is 2.54 bits per heavy atom. The van der Waals surface area contributed by atoms with Crippen molar-refractivity contribution in [2.24, 2.45) is 5.92 Å². The number of carbonyl (C=O) groups excluding carboxylic acids is 3. The third-order valence-corrected chi connectivity index (χ3v) is 4.97. The molecule has 1 aromatic heterocycles. The molecule has 0 saturated carbocycles. The summed E-state index contributed by atoms with van der Waals surface area (Å²) in [6.07, 6.45) is -2.80. The highest BCUT2D eigenvalue weighted by Gasteiger charge is 2.31. The van der Waals surface area contributed by atoms with E-state index in [0.29, 0.717) is 31.5 Å². The van der Waals surface area contributed by atoms with Gasteiger partial charge in [-0.2, -0.15) is 13.2 Å². The van der Waals surface area contributed by atoms with Crippen LogP contribution in [0.4, 0.5) is 13.2 Å². The molecular weight excluding hydrogens is 377 g/mol. The van der Waals surface area contributed by atoms with Crippen molar-refractivity contribution in [1.29, 1.82) is 0 Å². The predicted molar refractivity (Wildman–Crippen MR) is 94.8 cm³/mol. The maximum atomic E-state index is 12.7. The molecule has 1 aromatic rings. The zero-order valence-electron chi connectivity index (χ0n) is 16.3. The van der Waals surface area contributed by atoms with E-state index < -0.39 is 37.0 Å². The minimum Gasteiger partial charge on any atom is -0.457 e. The van der Waals surface area contributed by atoms with E-state index >= 15 is 0 Å². The molecule has 0 aliphatic carbocycles. The Bertz CT molecular complexity index is 755. The van der Waals surface area contributed by atoms with Crippen LogP contribution in [0.5, 0.6) is 0 Å². The number of rotatable bonds is 6. The molecule has 1 unspecified atom stereocenters. The molecule has 1 aliphatic heterocycles. The minimum absolute atomic E-state index is 0.0364. The summed E-state index contributed by atoms with van der Waals surface area (Å²) >= 11 is 0. The van der Waals surface area contributed by atoms with Gasteiger partial charge in [-0.3, -0.25) is 14.4 Å². The van der Waals surface area contributed by atoms with Crippen molar-refractivity contribution in [1.82, 2.24) is 9.47 Å². The highest BCUT2D eigenvalue weighted by atomic mass is 19.4. The van der Waals surface area contributed by atoms with Crippen LogP contribution in [0.25, 0.3) is 0 Å². The maximum absolute atomic E-state index is 12.7. The number of likely N-dealkylation sites (tertiary alicyclic amines) is 1. The second kappa shape index (κ2) is 8.79. The first-order chi connectivity index (χ1) is 13.0. The number of nitrogens with zero attached hydrogens (tertiary/aromatic N) is 2. The average molecular weight is 402 g/mol. The van der Waals surface area contributed by atoms with Gasteiger partial charge in [-0.05, 0) is 32.8 Å². The SMILES string of the molecule is CCC(=O)N1CCCC(C(=O)OCC(=O)c2cc(C)n(CC(F)(F)F)c2C)C1. The standard InChI is InChI=1S/C19H25F3N2O4/c1-4-17(26)23-7-5-6-14(9-23)18(27)28-10-16(25)15-8-12(2)24(13(15)3)11-19(20,21)22/h8,14H,4-7,9-11H2,1-3H3. The first-order valence-corrected chi connectivity index (χ1v) is 9.24. The summed E-state index contributed by atoms with van der Waals surface area (Å²) < 4.78 is 44.2. The second-order valence-electron chi connectivity index (χ2n) is 7.05. The fourth-order valence-corrected chi connectivity index (χ4v) is 3.46. The van der Waals surface area contributed by atoms with Crippen molar-refractivity contribution in [3.8, 4) is 0 Å². The number of esters is 1. The van der Waals surface area contributed by atoms with Crippen molar-refractivity contribution in [3.05, 3.63) is 23.0 Å². The Balaban J connectivity index is 1.97. The topological polar surface area (TPSA) is 68.6 Å². The third-order valence-electron chi connectivity index (χ3n) is 4.97. The zero-order chi connectivity index (χ0) is 21.1. The van der Waals surface area contributed by atoms with E-state index in [1.165, 1.54) is 19.9 Å². The summed E-state index contributed by atoms with van der Waals surface area (Å²) in [6.45, 7) is 3.82. The number of Topliss-reactive ketones (excluding diaryl/α,β-unsaturated/α-hetero) is 1. The molecule has 0 bridgehead atoms. The van der Waals surface area contributed by atoms with Gasteiger partial charge in [0.1, 0.15) is 6.54 Å². The third kappa shape index (κ3) is 5.36. The van der Waals surface area contributed by atoms with Gasteiger partial charge in [-0.25, -0.2) is 0 Å². The monoisotopic (exact) mass is 402 g/mol. The van der Waals surface area contributed by atoms with Crippen molar-refractivity contribution in [2.75, 3.05) is 19.7 Å². The number of aryl methyl sites for hydroxylation is 1. The molecule has 0 spiro atoms. The lowest BCUT2D eigenvalue weighted by molar-refractivity contribution is -0.150. The molecule has 156 valence electrons. The van der Waals surface area contributed by atoms with Crippen LogP contribution in [-0.2, 0) is 20.9 Å². The van der Waals surface area contributed by atoms with Crippen molar-refractivity contribution in [2.45, 2.75) is 52.8 Å². The van der Waals surface area contributed by atoms with E-state index in [1.54, 1.807) is 11.8 Å². The lowest BCUT2D eigenvalue weighted by atomic mass is 9.98. The molecule has 1 aliphatic rings. The number of alkyl halides is 3.